The average molecular weight is 360 g/mol. The minimum Gasteiger partial charge on any atom is -0.508 e. The summed E-state index contributed by atoms with van der Waals surface area (Å²) in [5, 5.41) is 31.7. The molecular formula is C19H24N2O5. The van der Waals surface area contributed by atoms with Crippen molar-refractivity contribution in [2.45, 2.75) is 38.1 Å². The van der Waals surface area contributed by atoms with Crippen LogP contribution in [0.1, 0.15) is 34.7 Å². The lowest BCUT2D eigenvalue weighted by Gasteiger charge is -2.26. The lowest BCUT2D eigenvalue weighted by Crippen LogP contribution is -2.48. The SMILES string of the molecule is O=C(N[C@@H]1CN(Cc2ccc(CO)o2)CCC[C@H]1O)c1ccc(O)cc1. The zero-order valence-corrected chi connectivity index (χ0v) is 14.5. The number of rotatable bonds is 5. The van der Waals surface area contributed by atoms with E-state index in [0.717, 1.165) is 18.7 Å². The number of nitrogens with zero attached hydrogens (tertiary/aromatic N) is 1. The second kappa shape index (κ2) is 8.35. The molecule has 0 spiro atoms. The van der Waals surface area contributed by atoms with Gasteiger partial charge in [0, 0.05) is 12.1 Å². The lowest BCUT2D eigenvalue weighted by molar-refractivity contribution is 0.0794. The van der Waals surface area contributed by atoms with Crippen molar-refractivity contribution in [3.63, 3.8) is 0 Å². The van der Waals surface area contributed by atoms with Gasteiger partial charge in [-0.05, 0) is 55.8 Å². The van der Waals surface area contributed by atoms with Crippen molar-refractivity contribution in [2.24, 2.45) is 0 Å². The Morgan fingerprint density at radius 1 is 1.19 bits per heavy atom. The normalized spacial score (nSPS) is 21.3. The molecule has 7 heteroatoms. The molecule has 1 aromatic carbocycles. The highest BCUT2D eigenvalue weighted by atomic mass is 16.4. The number of carbonyl (C=O) groups excluding carboxylic acids is 1. The predicted molar refractivity (Wildman–Crippen MR) is 94.5 cm³/mol. The van der Waals surface area contributed by atoms with Crippen molar-refractivity contribution in [2.75, 3.05) is 13.1 Å². The number of likely N-dealkylation sites (tertiary alicyclic amines) is 1. The molecule has 2 atom stereocenters. The Balaban J connectivity index is 1.64. The van der Waals surface area contributed by atoms with Gasteiger partial charge in [-0.15, -0.1) is 0 Å². The summed E-state index contributed by atoms with van der Waals surface area (Å²) in [6.07, 6.45) is 0.808. The quantitative estimate of drug-likeness (QED) is 0.639. The average Bonchev–Trinajstić information content (AvgIpc) is 3.01. The number of phenols is 1. The molecule has 4 N–H and O–H groups in total. The van der Waals surface area contributed by atoms with E-state index in [9.17, 15) is 15.0 Å². The molecule has 2 heterocycles. The van der Waals surface area contributed by atoms with Crippen molar-refractivity contribution >= 4 is 5.91 Å². The third-order valence-electron chi connectivity index (χ3n) is 4.59. The van der Waals surface area contributed by atoms with Crippen molar-refractivity contribution in [1.29, 1.82) is 0 Å². The minimum absolute atomic E-state index is 0.0999. The maximum absolute atomic E-state index is 12.4. The van der Waals surface area contributed by atoms with Gasteiger partial charge in [-0.2, -0.15) is 0 Å². The highest BCUT2D eigenvalue weighted by Crippen LogP contribution is 2.17. The first-order valence-corrected chi connectivity index (χ1v) is 8.74. The monoisotopic (exact) mass is 360 g/mol. The Hall–Kier alpha value is -2.35. The summed E-state index contributed by atoms with van der Waals surface area (Å²) in [6.45, 7) is 1.71. The fraction of sp³-hybridized carbons (Fsp3) is 0.421. The number of amides is 1. The van der Waals surface area contributed by atoms with Crippen LogP contribution in [0.15, 0.2) is 40.8 Å². The number of hydrogen-bond donors (Lipinski definition) is 4. The summed E-state index contributed by atoms with van der Waals surface area (Å²) in [5.74, 6) is 1.08. The fourth-order valence-corrected chi connectivity index (χ4v) is 3.18. The smallest absolute Gasteiger partial charge is 0.251 e. The van der Waals surface area contributed by atoms with Gasteiger partial charge >= 0.3 is 0 Å². The number of nitrogens with one attached hydrogen (secondary N) is 1. The number of aliphatic hydroxyl groups is 2. The molecule has 0 saturated carbocycles. The molecule has 0 radical (unpaired) electrons. The molecule has 1 fully saturated rings. The van der Waals surface area contributed by atoms with Crippen LogP contribution in [0.2, 0.25) is 0 Å². The fourth-order valence-electron chi connectivity index (χ4n) is 3.18. The van der Waals surface area contributed by atoms with Crippen molar-refractivity contribution in [3.05, 3.63) is 53.5 Å². The van der Waals surface area contributed by atoms with Crippen LogP contribution in [0.3, 0.4) is 0 Å². The van der Waals surface area contributed by atoms with Crippen molar-refractivity contribution < 1.29 is 24.5 Å². The number of aromatic hydroxyl groups is 1. The first kappa shape index (κ1) is 18.4. The van der Waals surface area contributed by atoms with Crippen molar-refractivity contribution in [3.8, 4) is 5.75 Å². The van der Waals surface area contributed by atoms with Gasteiger partial charge in [-0.3, -0.25) is 9.69 Å². The van der Waals surface area contributed by atoms with Crippen LogP contribution < -0.4 is 5.32 Å². The Kier molecular flexibility index (Phi) is 5.92. The second-order valence-corrected chi connectivity index (χ2v) is 6.60. The molecule has 7 nitrogen and oxygen atoms in total. The predicted octanol–water partition coefficient (Wildman–Crippen LogP) is 1.23. The summed E-state index contributed by atoms with van der Waals surface area (Å²) < 4.78 is 5.53. The van der Waals surface area contributed by atoms with Crippen LogP contribution in [0, 0.1) is 0 Å². The van der Waals surface area contributed by atoms with Crippen molar-refractivity contribution in [1.82, 2.24) is 10.2 Å². The summed E-state index contributed by atoms with van der Waals surface area (Å²) in [5.41, 5.74) is 0.435. The number of hydrogen-bond acceptors (Lipinski definition) is 6. The molecule has 1 aliphatic rings. The largest absolute Gasteiger partial charge is 0.508 e. The molecule has 0 unspecified atom stereocenters. The summed E-state index contributed by atoms with van der Waals surface area (Å²) in [6, 6.07) is 9.19. The Morgan fingerprint density at radius 3 is 2.62 bits per heavy atom. The van der Waals surface area contributed by atoms with E-state index in [0.29, 0.717) is 30.8 Å². The number of phenolic OH excluding ortho intramolecular Hbond substituents is 1. The van der Waals surface area contributed by atoms with E-state index < -0.39 is 12.1 Å². The molecule has 2 aromatic rings. The highest BCUT2D eigenvalue weighted by Gasteiger charge is 2.27. The van der Waals surface area contributed by atoms with E-state index >= 15 is 0 Å². The molecule has 1 amide bonds. The molecule has 1 saturated heterocycles. The molecule has 1 aromatic heterocycles. The van der Waals surface area contributed by atoms with Gasteiger partial charge in [0.1, 0.15) is 23.9 Å². The molecule has 3 rings (SSSR count). The molecular weight excluding hydrogens is 336 g/mol. The Labute approximate surface area is 151 Å². The Bertz CT molecular complexity index is 728. The zero-order chi connectivity index (χ0) is 18.5. The van der Waals surface area contributed by atoms with Crippen LogP contribution in [-0.4, -0.2) is 51.4 Å². The summed E-state index contributed by atoms with van der Waals surface area (Å²) >= 11 is 0. The molecule has 0 bridgehead atoms. The van der Waals surface area contributed by atoms with Gasteiger partial charge in [0.2, 0.25) is 0 Å². The van der Waals surface area contributed by atoms with Crippen LogP contribution in [0.5, 0.6) is 5.75 Å². The zero-order valence-electron chi connectivity index (χ0n) is 14.5. The van der Waals surface area contributed by atoms with Crippen LogP contribution >= 0.6 is 0 Å². The van der Waals surface area contributed by atoms with Crippen LogP contribution in [-0.2, 0) is 13.2 Å². The van der Waals surface area contributed by atoms with Gasteiger partial charge in [-0.25, -0.2) is 0 Å². The topological polar surface area (TPSA) is 106 Å². The standard InChI is InChI=1S/C19H24N2O5/c22-12-16-8-7-15(26-16)10-21-9-1-2-18(24)17(11-21)20-19(25)13-3-5-14(23)6-4-13/h3-8,17-18,22-24H,1-2,9-12H2,(H,20,25)/t17-,18-/m1/s1. The van der Waals surface area contributed by atoms with E-state index in [4.69, 9.17) is 9.52 Å². The molecule has 1 aliphatic heterocycles. The maximum Gasteiger partial charge on any atom is 0.251 e. The van der Waals surface area contributed by atoms with Gasteiger partial charge in [0.05, 0.1) is 18.7 Å². The third-order valence-corrected chi connectivity index (χ3v) is 4.59. The van der Waals surface area contributed by atoms with E-state index in [1.54, 1.807) is 18.2 Å². The molecule has 0 aliphatic carbocycles. The van der Waals surface area contributed by atoms with E-state index in [1.165, 1.54) is 12.1 Å². The number of benzene rings is 1. The van der Waals surface area contributed by atoms with E-state index in [2.05, 4.69) is 10.2 Å². The highest BCUT2D eigenvalue weighted by molar-refractivity contribution is 5.94. The van der Waals surface area contributed by atoms with Gasteiger partial charge in [0.25, 0.3) is 5.91 Å². The van der Waals surface area contributed by atoms with Gasteiger partial charge in [0.15, 0.2) is 0 Å². The van der Waals surface area contributed by atoms with Crippen LogP contribution in [0.4, 0.5) is 0 Å². The maximum atomic E-state index is 12.4. The Morgan fingerprint density at radius 2 is 1.92 bits per heavy atom. The summed E-state index contributed by atoms with van der Waals surface area (Å²) in [7, 11) is 0. The molecule has 140 valence electrons. The van der Waals surface area contributed by atoms with Gasteiger partial charge in [-0.1, -0.05) is 0 Å². The second-order valence-electron chi connectivity index (χ2n) is 6.60. The number of furan rings is 1. The van der Waals surface area contributed by atoms with Crippen LogP contribution in [0.25, 0.3) is 0 Å². The lowest BCUT2D eigenvalue weighted by atomic mass is 10.1. The number of carbonyl (C=O) groups is 1. The van der Waals surface area contributed by atoms with E-state index in [-0.39, 0.29) is 18.3 Å². The third kappa shape index (κ3) is 4.63. The number of aliphatic hydroxyl groups excluding tert-OH is 2. The van der Waals surface area contributed by atoms with Gasteiger partial charge < -0.3 is 25.1 Å². The minimum atomic E-state index is -0.620. The van der Waals surface area contributed by atoms with E-state index in [1.807, 2.05) is 6.07 Å². The molecule has 26 heavy (non-hydrogen) atoms. The first-order chi connectivity index (χ1) is 12.5. The first-order valence-electron chi connectivity index (χ1n) is 8.74. The summed E-state index contributed by atoms with van der Waals surface area (Å²) in [4.78, 5) is 14.5.